The van der Waals surface area contributed by atoms with Gasteiger partial charge in [-0.1, -0.05) is 13.0 Å². The first-order chi connectivity index (χ1) is 13.7. The minimum absolute atomic E-state index is 0.0235. The van der Waals surface area contributed by atoms with E-state index in [0.717, 1.165) is 24.1 Å². The summed E-state index contributed by atoms with van der Waals surface area (Å²) in [5, 5.41) is 2.64. The first kappa shape index (κ1) is 20.9. The molecule has 3 rings (SSSR count). The number of nitrogens with zero attached hydrogens (tertiary/aromatic N) is 1. The van der Waals surface area contributed by atoms with Gasteiger partial charge < -0.3 is 10.2 Å². The van der Waals surface area contributed by atoms with Crippen LogP contribution in [0.25, 0.3) is 0 Å². The van der Waals surface area contributed by atoms with E-state index in [2.05, 4.69) is 10.0 Å². The minimum Gasteiger partial charge on any atom is -0.326 e. The Morgan fingerprint density at radius 2 is 1.83 bits per heavy atom. The lowest BCUT2D eigenvalue weighted by Gasteiger charge is -2.30. The van der Waals surface area contributed by atoms with E-state index in [-0.39, 0.29) is 16.7 Å². The molecule has 0 unspecified atom stereocenters. The van der Waals surface area contributed by atoms with Crippen molar-refractivity contribution >= 4 is 38.9 Å². The summed E-state index contributed by atoms with van der Waals surface area (Å²) < 4.78 is 28.4. The molecule has 2 aromatic rings. The number of aryl methyl sites for hydroxylation is 2. The number of hydrogen-bond acceptors (Lipinski definition) is 4. The molecule has 2 amide bonds. The zero-order chi connectivity index (χ0) is 21.2. The number of fused-ring (bicyclic) bond motifs is 1. The zero-order valence-corrected chi connectivity index (χ0v) is 17.6. The van der Waals surface area contributed by atoms with Crippen molar-refractivity contribution in [2.45, 2.75) is 44.9 Å². The number of carbonyl (C=O) groups excluding carboxylic acids is 2. The molecule has 0 fully saturated rings. The summed E-state index contributed by atoms with van der Waals surface area (Å²) in [4.78, 5) is 25.3. The highest BCUT2D eigenvalue weighted by Crippen LogP contribution is 2.32. The lowest BCUT2D eigenvalue weighted by Crippen LogP contribution is -2.35. The van der Waals surface area contributed by atoms with E-state index in [1.165, 1.54) is 13.0 Å². The van der Waals surface area contributed by atoms with Gasteiger partial charge in [-0.15, -0.1) is 0 Å². The van der Waals surface area contributed by atoms with Gasteiger partial charge in [-0.2, -0.15) is 0 Å². The summed E-state index contributed by atoms with van der Waals surface area (Å²) in [6.45, 7) is 5.52. The molecule has 2 aromatic carbocycles. The number of sulfonamides is 1. The van der Waals surface area contributed by atoms with Gasteiger partial charge in [-0.25, -0.2) is 8.42 Å². The van der Waals surface area contributed by atoms with Gasteiger partial charge in [0.15, 0.2) is 0 Å². The van der Waals surface area contributed by atoms with Crippen LogP contribution >= 0.6 is 0 Å². The van der Waals surface area contributed by atoms with Crippen molar-refractivity contribution < 1.29 is 18.0 Å². The second-order valence-electron chi connectivity index (χ2n) is 7.11. The lowest BCUT2D eigenvalue weighted by molar-refractivity contribution is -0.118. The van der Waals surface area contributed by atoms with Crippen LogP contribution in [0.15, 0.2) is 41.3 Å². The Labute approximate surface area is 171 Å². The van der Waals surface area contributed by atoms with Gasteiger partial charge in [-0.05, 0) is 61.2 Å². The molecule has 1 heterocycles. The smallest absolute Gasteiger partial charge is 0.262 e. The van der Waals surface area contributed by atoms with Crippen LogP contribution in [-0.4, -0.2) is 26.8 Å². The average Bonchev–Trinajstić information content (AvgIpc) is 2.66. The molecular formula is C21H25N3O4S. The molecule has 154 valence electrons. The molecule has 1 aliphatic rings. The molecule has 2 N–H and O–H groups in total. The Kier molecular flexibility index (Phi) is 5.93. The van der Waals surface area contributed by atoms with Gasteiger partial charge in [-0.3, -0.25) is 14.3 Å². The molecule has 0 radical (unpaired) electrons. The summed E-state index contributed by atoms with van der Waals surface area (Å²) in [5.74, 6) is -0.200. The Morgan fingerprint density at radius 1 is 1.10 bits per heavy atom. The van der Waals surface area contributed by atoms with Crippen molar-refractivity contribution in [2.24, 2.45) is 0 Å². The SMILES string of the molecule is CCC(=O)N1CCCc2ccc(NS(=O)(=O)c3ccc(NC(C)=O)cc3C)cc21. The van der Waals surface area contributed by atoms with Crippen molar-refractivity contribution in [1.29, 1.82) is 0 Å². The molecule has 7 nitrogen and oxygen atoms in total. The summed E-state index contributed by atoms with van der Waals surface area (Å²) in [6, 6.07) is 9.95. The summed E-state index contributed by atoms with van der Waals surface area (Å²) in [6.07, 6.45) is 2.15. The quantitative estimate of drug-likeness (QED) is 0.782. The number of hydrogen-bond donors (Lipinski definition) is 2. The highest BCUT2D eigenvalue weighted by Gasteiger charge is 2.23. The van der Waals surface area contributed by atoms with Crippen LogP contribution < -0.4 is 14.9 Å². The molecule has 0 bridgehead atoms. The summed E-state index contributed by atoms with van der Waals surface area (Å²) in [7, 11) is -3.83. The third-order valence-corrected chi connectivity index (χ3v) is 6.39. The van der Waals surface area contributed by atoms with Crippen LogP contribution in [0.1, 0.15) is 37.8 Å². The molecule has 0 atom stereocenters. The van der Waals surface area contributed by atoms with Gasteiger partial charge in [0.05, 0.1) is 10.6 Å². The first-order valence-electron chi connectivity index (χ1n) is 9.55. The van der Waals surface area contributed by atoms with E-state index in [4.69, 9.17) is 0 Å². The maximum absolute atomic E-state index is 12.9. The van der Waals surface area contributed by atoms with E-state index in [9.17, 15) is 18.0 Å². The molecule has 0 saturated carbocycles. The predicted octanol–water partition coefficient (Wildman–Crippen LogP) is 3.44. The lowest BCUT2D eigenvalue weighted by atomic mass is 10.0. The van der Waals surface area contributed by atoms with Gasteiger partial charge in [0, 0.05) is 31.3 Å². The van der Waals surface area contributed by atoms with Crippen LogP contribution in [0.3, 0.4) is 0 Å². The molecule has 8 heteroatoms. The number of anilines is 3. The topological polar surface area (TPSA) is 95.6 Å². The zero-order valence-electron chi connectivity index (χ0n) is 16.8. The number of benzene rings is 2. The second kappa shape index (κ2) is 8.24. The average molecular weight is 416 g/mol. The minimum atomic E-state index is -3.83. The molecule has 0 spiro atoms. The number of amides is 2. The van der Waals surface area contributed by atoms with E-state index in [1.54, 1.807) is 36.1 Å². The van der Waals surface area contributed by atoms with Gasteiger partial charge in [0.25, 0.3) is 10.0 Å². The van der Waals surface area contributed by atoms with Gasteiger partial charge >= 0.3 is 0 Å². The highest BCUT2D eigenvalue weighted by molar-refractivity contribution is 7.92. The molecule has 0 saturated heterocycles. The summed E-state index contributed by atoms with van der Waals surface area (Å²) >= 11 is 0. The monoisotopic (exact) mass is 415 g/mol. The number of rotatable bonds is 5. The van der Waals surface area contributed by atoms with E-state index >= 15 is 0 Å². The molecule has 0 aliphatic carbocycles. The fourth-order valence-electron chi connectivity index (χ4n) is 3.53. The fraction of sp³-hybridized carbons (Fsp3) is 0.333. The molecule has 29 heavy (non-hydrogen) atoms. The third-order valence-electron chi connectivity index (χ3n) is 4.84. The predicted molar refractivity (Wildman–Crippen MR) is 114 cm³/mol. The number of carbonyl (C=O) groups is 2. The van der Waals surface area contributed by atoms with Crippen molar-refractivity contribution in [2.75, 3.05) is 21.5 Å². The van der Waals surface area contributed by atoms with E-state index in [1.807, 2.05) is 13.0 Å². The Hall–Kier alpha value is -2.87. The van der Waals surface area contributed by atoms with Crippen LogP contribution in [0.2, 0.25) is 0 Å². The van der Waals surface area contributed by atoms with E-state index in [0.29, 0.717) is 29.9 Å². The first-order valence-corrected chi connectivity index (χ1v) is 11.0. The Balaban J connectivity index is 1.89. The largest absolute Gasteiger partial charge is 0.326 e. The van der Waals surface area contributed by atoms with E-state index < -0.39 is 10.0 Å². The maximum atomic E-state index is 12.9. The van der Waals surface area contributed by atoms with Crippen molar-refractivity contribution in [1.82, 2.24) is 0 Å². The standard InChI is InChI=1S/C21H25N3O4S/c1-4-21(26)24-11-5-6-16-7-8-18(13-19(16)24)23-29(27,28)20-10-9-17(12-14(20)2)22-15(3)25/h7-10,12-13,23H,4-6,11H2,1-3H3,(H,22,25). The van der Waals surface area contributed by atoms with Gasteiger partial charge in [0.2, 0.25) is 11.8 Å². The third kappa shape index (κ3) is 4.59. The van der Waals surface area contributed by atoms with Crippen LogP contribution in [0, 0.1) is 6.92 Å². The highest BCUT2D eigenvalue weighted by atomic mass is 32.2. The van der Waals surface area contributed by atoms with Crippen LogP contribution in [-0.2, 0) is 26.0 Å². The van der Waals surface area contributed by atoms with Crippen molar-refractivity contribution in [3.63, 3.8) is 0 Å². The fourth-order valence-corrected chi connectivity index (χ4v) is 4.81. The van der Waals surface area contributed by atoms with Crippen LogP contribution in [0.5, 0.6) is 0 Å². The van der Waals surface area contributed by atoms with Crippen molar-refractivity contribution in [3.05, 3.63) is 47.5 Å². The molecule has 1 aliphatic heterocycles. The Bertz CT molecular complexity index is 1060. The number of nitrogens with one attached hydrogen (secondary N) is 2. The maximum Gasteiger partial charge on any atom is 0.262 e. The normalized spacial score (nSPS) is 13.6. The Morgan fingerprint density at radius 3 is 2.48 bits per heavy atom. The second-order valence-corrected chi connectivity index (χ2v) is 8.76. The van der Waals surface area contributed by atoms with Gasteiger partial charge in [0.1, 0.15) is 0 Å². The molecular weight excluding hydrogens is 390 g/mol. The summed E-state index contributed by atoms with van der Waals surface area (Å²) in [5.41, 5.74) is 3.27. The van der Waals surface area contributed by atoms with Crippen LogP contribution in [0.4, 0.5) is 17.1 Å². The van der Waals surface area contributed by atoms with Crippen molar-refractivity contribution in [3.8, 4) is 0 Å². The molecule has 0 aromatic heterocycles.